The molecule has 20 heavy (non-hydrogen) atoms. The largest absolute Gasteiger partial charge is 0.469 e. The first-order valence-electron chi connectivity index (χ1n) is 6.70. The molecule has 0 heterocycles. The maximum Gasteiger partial charge on any atom is 0.305 e. The van der Waals surface area contributed by atoms with Crippen molar-refractivity contribution in [1.29, 1.82) is 0 Å². The van der Waals surface area contributed by atoms with E-state index in [4.69, 9.17) is 11.6 Å². The summed E-state index contributed by atoms with van der Waals surface area (Å²) in [5.41, 5.74) is 0.903. The number of hydrogen-bond acceptors (Lipinski definition) is 3. The summed E-state index contributed by atoms with van der Waals surface area (Å²) in [6.45, 7) is 0.626. The van der Waals surface area contributed by atoms with Gasteiger partial charge in [-0.15, -0.1) is 0 Å². The molecule has 0 atom stereocenters. The van der Waals surface area contributed by atoms with E-state index in [1.54, 1.807) is 12.1 Å². The molecule has 0 bridgehead atoms. The van der Waals surface area contributed by atoms with Crippen molar-refractivity contribution in [2.75, 3.05) is 13.7 Å². The second-order valence-electron chi connectivity index (χ2n) is 4.54. The van der Waals surface area contributed by atoms with E-state index in [1.807, 2.05) is 12.1 Å². The number of halogens is 1. The highest BCUT2D eigenvalue weighted by molar-refractivity contribution is 6.30. The minimum atomic E-state index is -0.185. The first-order chi connectivity index (χ1) is 9.61. The fourth-order valence-corrected chi connectivity index (χ4v) is 2.01. The second-order valence-corrected chi connectivity index (χ2v) is 4.98. The van der Waals surface area contributed by atoms with Crippen molar-refractivity contribution in [3.63, 3.8) is 0 Å². The van der Waals surface area contributed by atoms with Crippen LogP contribution < -0.4 is 5.32 Å². The summed E-state index contributed by atoms with van der Waals surface area (Å²) in [5, 5.41) is 3.49. The molecule has 1 amide bonds. The van der Waals surface area contributed by atoms with Gasteiger partial charge in [0.05, 0.1) is 13.5 Å². The van der Waals surface area contributed by atoms with Gasteiger partial charge in [0.1, 0.15) is 0 Å². The minimum absolute atomic E-state index is 0.0137. The summed E-state index contributed by atoms with van der Waals surface area (Å²) in [5.74, 6) is -0.199. The van der Waals surface area contributed by atoms with Gasteiger partial charge in [0.25, 0.3) is 0 Å². The standard InChI is InChI=1S/C15H20ClNO3/c1-20-15(19)8-3-2-4-9-17-14(18)11-12-6-5-7-13(16)10-12/h5-7,10H,2-4,8-9,11H2,1H3,(H,17,18). The topological polar surface area (TPSA) is 55.4 Å². The van der Waals surface area contributed by atoms with E-state index in [0.717, 1.165) is 24.8 Å². The Bertz CT molecular complexity index is 448. The first-order valence-corrected chi connectivity index (χ1v) is 7.07. The second kappa shape index (κ2) is 9.37. The zero-order valence-electron chi connectivity index (χ0n) is 11.7. The molecule has 0 aliphatic carbocycles. The van der Waals surface area contributed by atoms with Gasteiger partial charge in [0.15, 0.2) is 0 Å². The lowest BCUT2D eigenvalue weighted by Gasteiger charge is -2.05. The zero-order valence-corrected chi connectivity index (χ0v) is 12.4. The molecule has 0 radical (unpaired) electrons. The molecular formula is C15H20ClNO3. The van der Waals surface area contributed by atoms with Gasteiger partial charge in [-0.25, -0.2) is 0 Å². The summed E-state index contributed by atoms with van der Waals surface area (Å²) in [6.07, 6.45) is 3.32. The highest BCUT2D eigenvalue weighted by atomic mass is 35.5. The van der Waals surface area contributed by atoms with Gasteiger partial charge in [-0.1, -0.05) is 30.2 Å². The summed E-state index contributed by atoms with van der Waals surface area (Å²) in [7, 11) is 1.39. The Labute approximate surface area is 124 Å². The third-order valence-electron chi connectivity index (χ3n) is 2.86. The highest BCUT2D eigenvalue weighted by Gasteiger charge is 2.03. The maximum absolute atomic E-state index is 11.7. The summed E-state index contributed by atoms with van der Waals surface area (Å²) in [6, 6.07) is 7.28. The number of hydrogen-bond donors (Lipinski definition) is 1. The van der Waals surface area contributed by atoms with Gasteiger partial charge < -0.3 is 10.1 Å². The van der Waals surface area contributed by atoms with Crippen molar-refractivity contribution in [3.8, 4) is 0 Å². The molecule has 0 saturated heterocycles. The lowest BCUT2D eigenvalue weighted by Crippen LogP contribution is -2.26. The molecule has 0 spiro atoms. The third-order valence-corrected chi connectivity index (χ3v) is 3.10. The van der Waals surface area contributed by atoms with Gasteiger partial charge in [-0.3, -0.25) is 9.59 Å². The number of carbonyl (C=O) groups excluding carboxylic acids is 2. The van der Waals surface area contributed by atoms with E-state index in [9.17, 15) is 9.59 Å². The van der Waals surface area contributed by atoms with Crippen molar-refractivity contribution in [2.45, 2.75) is 32.1 Å². The van der Waals surface area contributed by atoms with Gasteiger partial charge in [0, 0.05) is 18.0 Å². The number of esters is 1. The summed E-state index contributed by atoms with van der Waals surface area (Å²) in [4.78, 5) is 22.6. The molecule has 5 heteroatoms. The number of amides is 1. The molecule has 0 saturated carbocycles. The fourth-order valence-electron chi connectivity index (χ4n) is 1.80. The van der Waals surface area contributed by atoms with Crippen molar-refractivity contribution < 1.29 is 14.3 Å². The minimum Gasteiger partial charge on any atom is -0.469 e. The van der Waals surface area contributed by atoms with Crippen LogP contribution in [0.1, 0.15) is 31.2 Å². The Morgan fingerprint density at radius 2 is 2.05 bits per heavy atom. The van der Waals surface area contributed by atoms with E-state index in [1.165, 1.54) is 7.11 Å². The Kier molecular flexibility index (Phi) is 7.73. The zero-order chi connectivity index (χ0) is 14.8. The van der Waals surface area contributed by atoms with Crippen molar-refractivity contribution in [3.05, 3.63) is 34.9 Å². The maximum atomic E-state index is 11.7. The van der Waals surface area contributed by atoms with Crippen LogP contribution in [0.2, 0.25) is 5.02 Å². The van der Waals surface area contributed by atoms with E-state index in [0.29, 0.717) is 24.4 Å². The lowest BCUT2D eigenvalue weighted by molar-refractivity contribution is -0.140. The van der Waals surface area contributed by atoms with Gasteiger partial charge >= 0.3 is 5.97 Å². The predicted molar refractivity (Wildman–Crippen MR) is 78.6 cm³/mol. The molecular weight excluding hydrogens is 278 g/mol. The number of nitrogens with one attached hydrogen (secondary N) is 1. The molecule has 110 valence electrons. The van der Waals surface area contributed by atoms with Crippen LogP contribution in [0.15, 0.2) is 24.3 Å². The molecule has 4 nitrogen and oxygen atoms in total. The summed E-state index contributed by atoms with van der Waals surface area (Å²) < 4.78 is 4.55. The van der Waals surface area contributed by atoms with E-state index in [2.05, 4.69) is 10.1 Å². The van der Waals surface area contributed by atoms with Crippen LogP contribution in [0.4, 0.5) is 0 Å². The molecule has 0 fully saturated rings. The van der Waals surface area contributed by atoms with Gasteiger partial charge in [0.2, 0.25) is 5.91 Å². The molecule has 1 aromatic rings. The highest BCUT2D eigenvalue weighted by Crippen LogP contribution is 2.11. The van der Waals surface area contributed by atoms with Crippen LogP contribution in [0.3, 0.4) is 0 Å². The molecule has 1 N–H and O–H groups in total. The number of ether oxygens (including phenoxy) is 1. The molecule has 0 aliphatic heterocycles. The average molecular weight is 298 g/mol. The van der Waals surface area contributed by atoms with Crippen molar-refractivity contribution in [1.82, 2.24) is 5.32 Å². The van der Waals surface area contributed by atoms with Crippen LogP contribution in [-0.4, -0.2) is 25.5 Å². The van der Waals surface area contributed by atoms with Crippen LogP contribution in [-0.2, 0) is 20.7 Å². The van der Waals surface area contributed by atoms with E-state index in [-0.39, 0.29) is 11.9 Å². The molecule has 1 rings (SSSR count). The van der Waals surface area contributed by atoms with Crippen molar-refractivity contribution >= 4 is 23.5 Å². The SMILES string of the molecule is COC(=O)CCCCCNC(=O)Cc1cccc(Cl)c1. The normalized spacial score (nSPS) is 10.1. The Balaban J connectivity index is 2.10. The Hall–Kier alpha value is -1.55. The van der Waals surface area contributed by atoms with Crippen LogP contribution in [0.5, 0.6) is 0 Å². The Morgan fingerprint density at radius 3 is 2.75 bits per heavy atom. The van der Waals surface area contributed by atoms with Gasteiger partial charge in [-0.2, -0.15) is 0 Å². The molecule has 1 aromatic carbocycles. The van der Waals surface area contributed by atoms with E-state index < -0.39 is 0 Å². The third kappa shape index (κ3) is 7.14. The number of methoxy groups -OCH3 is 1. The Morgan fingerprint density at radius 1 is 1.25 bits per heavy atom. The number of benzene rings is 1. The van der Waals surface area contributed by atoms with E-state index >= 15 is 0 Å². The summed E-state index contributed by atoms with van der Waals surface area (Å²) >= 11 is 5.86. The molecule has 0 unspecified atom stereocenters. The van der Waals surface area contributed by atoms with Crippen LogP contribution in [0, 0.1) is 0 Å². The first kappa shape index (κ1) is 16.5. The van der Waals surface area contributed by atoms with Crippen molar-refractivity contribution in [2.24, 2.45) is 0 Å². The van der Waals surface area contributed by atoms with Crippen LogP contribution in [0.25, 0.3) is 0 Å². The average Bonchev–Trinajstić information content (AvgIpc) is 2.42. The number of unbranched alkanes of at least 4 members (excludes halogenated alkanes) is 2. The number of rotatable bonds is 8. The lowest BCUT2D eigenvalue weighted by atomic mass is 10.1. The predicted octanol–water partition coefficient (Wildman–Crippen LogP) is 2.73. The quantitative estimate of drug-likeness (QED) is 0.593. The smallest absolute Gasteiger partial charge is 0.305 e. The molecule has 0 aromatic heterocycles. The number of carbonyl (C=O) groups is 2. The van der Waals surface area contributed by atoms with Crippen LogP contribution >= 0.6 is 11.6 Å². The molecule has 0 aliphatic rings. The fraction of sp³-hybridized carbons (Fsp3) is 0.467. The van der Waals surface area contributed by atoms with Gasteiger partial charge in [-0.05, 0) is 30.5 Å². The monoisotopic (exact) mass is 297 g/mol.